The summed E-state index contributed by atoms with van der Waals surface area (Å²) in [6.07, 6.45) is 16.1. The van der Waals surface area contributed by atoms with E-state index in [1.165, 1.54) is 44.9 Å². The molecule has 0 bridgehead atoms. The first-order chi connectivity index (χ1) is 13.2. The minimum absolute atomic E-state index is 0.0247. The van der Waals surface area contributed by atoms with Gasteiger partial charge in [-0.2, -0.15) is 0 Å². The molecule has 1 aliphatic rings. The zero-order valence-corrected chi connectivity index (χ0v) is 17.8. The Labute approximate surface area is 166 Å². The highest BCUT2D eigenvalue weighted by Gasteiger charge is 2.31. The van der Waals surface area contributed by atoms with Gasteiger partial charge in [0.25, 0.3) is 0 Å². The van der Waals surface area contributed by atoms with E-state index in [1.54, 1.807) is 0 Å². The van der Waals surface area contributed by atoms with Crippen LogP contribution in [0, 0.1) is 11.8 Å². The monoisotopic (exact) mass is 382 g/mol. The fourth-order valence-corrected chi connectivity index (χ4v) is 3.73. The van der Waals surface area contributed by atoms with Gasteiger partial charge in [0.2, 0.25) is 0 Å². The van der Waals surface area contributed by atoms with E-state index in [1.807, 2.05) is 0 Å². The predicted molar refractivity (Wildman–Crippen MR) is 110 cm³/mol. The van der Waals surface area contributed by atoms with Gasteiger partial charge in [-0.15, -0.1) is 0 Å². The molecule has 4 heteroatoms. The normalized spacial score (nSPS) is 19.6. The predicted octanol–water partition coefficient (Wildman–Crippen LogP) is 6.21. The highest BCUT2D eigenvalue weighted by atomic mass is 16.5. The summed E-state index contributed by atoms with van der Waals surface area (Å²) >= 11 is 0. The van der Waals surface area contributed by atoms with Crippen LogP contribution in [-0.2, 0) is 19.1 Å². The molecule has 0 amide bonds. The fraction of sp³-hybridized carbons (Fsp3) is 0.913. The van der Waals surface area contributed by atoms with Crippen molar-refractivity contribution >= 4 is 11.9 Å². The van der Waals surface area contributed by atoms with Gasteiger partial charge in [-0.05, 0) is 38.5 Å². The molecule has 0 aromatic rings. The van der Waals surface area contributed by atoms with Crippen molar-refractivity contribution in [2.24, 2.45) is 11.8 Å². The third kappa shape index (κ3) is 11.4. The molecule has 0 saturated heterocycles. The van der Waals surface area contributed by atoms with Gasteiger partial charge in [0.1, 0.15) is 0 Å². The van der Waals surface area contributed by atoms with Gasteiger partial charge in [-0.3, -0.25) is 9.59 Å². The van der Waals surface area contributed by atoms with Gasteiger partial charge < -0.3 is 9.47 Å². The molecule has 0 atom stereocenters. The first kappa shape index (κ1) is 24.0. The molecule has 1 saturated carbocycles. The van der Waals surface area contributed by atoms with Gasteiger partial charge in [-0.1, -0.05) is 71.6 Å². The molecule has 4 nitrogen and oxygen atoms in total. The Morgan fingerprint density at radius 2 is 0.926 bits per heavy atom. The van der Waals surface area contributed by atoms with Crippen LogP contribution < -0.4 is 0 Å². The van der Waals surface area contributed by atoms with Crippen LogP contribution in [0.4, 0.5) is 0 Å². The minimum Gasteiger partial charge on any atom is -0.465 e. The summed E-state index contributed by atoms with van der Waals surface area (Å²) < 4.78 is 10.8. The summed E-state index contributed by atoms with van der Waals surface area (Å²) in [5.74, 6) is -0.180. The summed E-state index contributed by atoms with van der Waals surface area (Å²) in [6, 6.07) is 0. The van der Waals surface area contributed by atoms with E-state index >= 15 is 0 Å². The lowest BCUT2D eigenvalue weighted by atomic mass is 9.82. The van der Waals surface area contributed by atoms with E-state index in [9.17, 15) is 9.59 Å². The van der Waals surface area contributed by atoms with Crippen molar-refractivity contribution < 1.29 is 19.1 Å². The molecule has 1 aliphatic carbocycles. The number of unbranched alkanes of at least 4 members (excludes halogenated alkanes) is 9. The van der Waals surface area contributed by atoms with Gasteiger partial charge in [0, 0.05) is 0 Å². The Morgan fingerprint density at radius 3 is 1.33 bits per heavy atom. The maximum atomic E-state index is 12.2. The molecule has 0 aliphatic heterocycles. The second kappa shape index (κ2) is 15.9. The van der Waals surface area contributed by atoms with Gasteiger partial charge in [0.05, 0.1) is 25.0 Å². The van der Waals surface area contributed by atoms with Crippen molar-refractivity contribution in [3.8, 4) is 0 Å². The average Bonchev–Trinajstić information content (AvgIpc) is 2.69. The number of rotatable bonds is 15. The molecule has 0 radical (unpaired) electrons. The maximum Gasteiger partial charge on any atom is 0.308 e. The number of ether oxygens (including phenoxy) is 2. The Kier molecular flexibility index (Phi) is 14.2. The van der Waals surface area contributed by atoms with Crippen LogP contribution in [0.5, 0.6) is 0 Å². The highest BCUT2D eigenvalue weighted by molar-refractivity contribution is 5.75. The molecule has 0 N–H and O–H groups in total. The fourth-order valence-electron chi connectivity index (χ4n) is 3.73. The van der Waals surface area contributed by atoms with E-state index < -0.39 is 0 Å². The molecule has 27 heavy (non-hydrogen) atoms. The lowest BCUT2D eigenvalue weighted by molar-refractivity contribution is -0.155. The first-order valence-electron chi connectivity index (χ1n) is 11.5. The highest BCUT2D eigenvalue weighted by Crippen LogP contribution is 2.30. The van der Waals surface area contributed by atoms with Crippen molar-refractivity contribution in [2.45, 2.75) is 110 Å². The van der Waals surface area contributed by atoms with Gasteiger partial charge >= 0.3 is 11.9 Å². The second-order valence-electron chi connectivity index (χ2n) is 8.07. The second-order valence-corrected chi connectivity index (χ2v) is 8.07. The topological polar surface area (TPSA) is 52.6 Å². The quantitative estimate of drug-likeness (QED) is 0.249. The van der Waals surface area contributed by atoms with Crippen molar-refractivity contribution in [3.05, 3.63) is 0 Å². The van der Waals surface area contributed by atoms with E-state index in [4.69, 9.17) is 9.47 Å². The minimum atomic E-state index is -0.0682. The van der Waals surface area contributed by atoms with Crippen LogP contribution in [0.15, 0.2) is 0 Å². The van der Waals surface area contributed by atoms with Gasteiger partial charge in [0.15, 0.2) is 0 Å². The molecular formula is C23H42O4. The Hall–Kier alpha value is -1.06. The van der Waals surface area contributed by atoms with E-state index in [0.29, 0.717) is 13.2 Å². The van der Waals surface area contributed by atoms with E-state index in [-0.39, 0.29) is 23.8 Å². The lowest BCUT2D eigenvalue weighted by Crippen LogP contribution is -2.28. The summed E-state index contributed by atoms with van der Waals surface area (Å²) in [5, 5.41) is 0. The third-order valence-electron chi connectivity index (χ3n) is 5.63. The zero-order valence-electron chi connectivity index (χ0n) is 17.8. The van der Waals surface area contributed by atoms with Crippen molar-refractivity contribution in [1.29, 1.82) is 0 Å². The SMILES string of the molecule is CCCCCCCCCOC(=O)C1CCC(C(=O)OCCCCCC)CC1. The molecule has 1 rings (SSSR count). The van der Waals surface area contributed by atoms with Crippen molar-refractivity contribution in [2.75, 3.05) is 13.2 Å². The Bertz CT molecular complexity index is 386. The largest absolute Gasteiger partial charge is 0.465 e. The molecule has 0 heterocycles. The number of hydrogen-bond donors (Lipinski definition) is 0. The Morgan fingerprint density at radius 1 is 0.593 bits per heavy atom. The Balaban J connectivity index is 2.04. The van der Waals surface area contributed by atoms with Crippen LogP contribution in [0.2, 0.25) is 0 Å². The molecular weight excluding hydrogens is 340 g/mol. The molecule has 0 aromatic carbocycles. The summed E-state index contributed by atoms with van der Waals surface area (Å²) in [6.45, 7) is 5.49. The van der Waals surface area contributed by atoms with E-state index in [0.717, 1.165) is 51.4 Å². The molecule has 158 valence electrons. The lowest BCUT2D eigenvalue weighted by Gasteiger charge is -2.26. The standard InChI is InChI=1S/C23H42O4/c1-3-5-7-9-10-11-13-19-27-23(25)21-16-14-20(15-17-21)22(24)26-18-12-8-6-4-2/h20-21H,3-19H2,1-2H3. The molecule has 0 aromatic heterocycles. The summed E-state index contributed by atoms with van der Waals surface area (Å²) in [4.78, 5) is 24.3. The van der Waals surface area contributed by atoms with Crippen LogP contribution in [-0.4, -0.2) is 25.2 Å². The number of hydrogen-bond acceptors (Lipinski definition) is 4. The third-order valence-corrected chi connectivity index (χ3v) is 5.63. The van der Waals surface area contributed by atoms with Crippen LogP contribution in [0.25, 0.3) is 0 Å². The zero-order chi connectivity index (χ0) is 19.7. The first-order valence-corrected chi connectivity index (χ1v) is 11.5. The molecule has 0 spiro atoms. The van der Waals surface area contributed by atoms with E-state index in [2.05, 4.69) is 13.8 Å². The number of carbonyl (C=O) groups excluding carboxylic acids is 2. The smallest absolute Gasteiger partial charge is 0.308 e. The average molecular weight is 383 g/mol. The van der Waals surface area contributed by atoms with Crippen LogP contribution in [0.1, 0.15) is 110 Å². The summed E-state index contributed by atoms with van der Waals surface area (Å²) in [7, 11) is 0. The van der Waals surface area contributed by atoms with Crippen molar-refractivity contribution in [1.82, 2.24) is 0 Å². The molecule has 0 unspecified atom stereocenters. The number of esters is 2. The van der Waals surface area contributed by atoms with Gasteiger partial charge in [-0.25, -0.2) is 0 Å². The maximum absolute atomic E-state index is 12.2. The summed E-state index contributed by atoms with van der Waals surface area (Å²) in [5.41, 5.74) is 0. The van der Waals surface area contributed by atoms with Crippen LogP contribution >= 0.6 is 0 Å². The number of carbonyl (C=O) groups is 2. The van der Waals surface area contributed by atoms with Crippen LogP contribution in [0.3, 0.4) is 0 Å². The van der Waals surface area contributed by atoms with Crippen molar-refractivity contribution in [3.63, 3.8) is 0 Å². The molecule has 1 fully saturated rings.